The van der Waals surface area contributed by atoms with Gasteiger partial charge in [0.15, 0.2) is 11.5 Å². The highest BCUT2D eigenvalue weighted by Crippen LogP contribution is 2.34. The van der Waals surface area contributed by atoms with E-state index in [4.69, 9.17) is 14.2 Å². The van der Waals surface area contributed by atoms with Crippen molar-refractivity contribution in [2.24, 2.45) is 5.92 Å². The van der Waals surface area contributed by atoms with E-state index in [0.717, 1.165) is 15.4 Å². The van der Waals surface area contributed by atoms with Crippen LogP contribution in [0.2, 0.25) is 0 Å². The summed E-state index contributed by atoms with van der Waals surface area (Å²) < 4.78 is 45.3. The average molecular weight is 612 g/mol. The number of aryl methyl sites for hydroxylation is 1. The predicted octanol–water partition coefficient (Wildman–Crippen LogP) is 4.41. The van der Waals surface area contributed by atoms with Crippen LogP contribution in [0, 0.1) is 12.8 Å². The van der Waals surface area contributed by atoms with Crippen LogP contribution < -0.4 is 23.8 Å². The van der Waals surface area contributed by atoms with Crippen molar-refractivity contribution in [3.8, 4) is 17.2 Å². The van der Waals surface area contributed by atoms with Gasteiger partial charge >= 0.3 is 0 Å². The number of hydrogen-bond acceptors (Lipinski definition) is 7. The summed E-state index contributed by atoms with van der Waals surface area (Å²) in [4.78, 5) is 28.7. The van der Waals surface area contributed by atoms with Gasteiger partial charge < -0.3 is 24.4 Å². The second-order valence-electron chi connectivity index (χ2n) is 10.6. The molecule has 0 aromatic heterocycles. The van der Waals surface area contributed by atoms with E-state index in [2.05, 4.69) is 5.32 Å². The molecule has 0 radical (unpaired) electrons. The van der Waals surface area contributed by atoms with Gasteiger partial charge in [-0.15, -0.1) is 0 Å². The Balaban J connectivity index is 2.08. The number of nitrogens with zero attached hydrogens (tertiary/aromatic N) is 2. The summed E-state index contributed by atoms with van der Waals surface area (Å²) in [5, 5.41) is 2.88. The van der Waals surface area contributed by atoms with Gasteiger partial charge in [-0.3, -0.25) is 13.9 Å². The Labute approximate surface area is 254 Å². The van der Waals surface area contributed by atoms with Crippen LogP contribution >= 0.6 is 0 Å². The molecule has 0 heterocycles. The molecule has 11 heteroatoms. The van der Waals surface area contributed by atoms with E-state index in [0.29, 0.717) is 23.8 Å². The van der Waals surface area contributed by atoms with Crippen molar-refractivity contribution in [3.63, 3.8) is 0 Å². The second-order valence-corrected chi connectivity index (χ2v) is 12.4. The molecule has 0 aliphatic carbocycles. The highest BCUT2D eigenvalue weighted by atomic mass is 32.2. The van der Waals surface area contributed by atoms with Gasteiger partial charge in [-0.05, 0) is 61.7 Å². The van der Waals surface area contributed by atoms with Gasteiger partial charge in [0.05, 0.1) is 31.9 Å². The quantitative estimate of drug-likeness (QED) is 0.287. The lowest BCUT2D eigenvalue weighted by Crippen LogP contribution is -2.51. The van der Waals surface area contributed by atoms with Crippen LogP contribution in [0.3, 0.4) is 0 Å². The molecule has 0 unspecified atom stereocenters. The smallest absolute Gasteiger partial charge is 0.264 e. The van der Waals surface area contributed by atoms with Gasteiger partial charge in [-0.25, -0.2) is 8.42 Å². The Morgan fingerprint density at radius 1 is 0.860 bits per heavy atom. The summed E-state index contributed by atoms with van der Waals surface area (Å²) >= 11 is 0. The number of ether oxygens (including phenoxy) is 3. The summed E-state index contributed by atoms with van der Waals surface area (Å²) in [6.07, 6.45) is 0. The molecule has 43 heavy (non-hydrogen) atoms. The maximum atomic E-state index is 14.1. The van der Waals surface area contributed by atoms with Crippen molar-refractivity contribution in [2.45, 2.75) is 45.2 Å². The van der Waals surface area contributed by atoms with Crippen molar-refractivity contribution in [3.05, 3.63) is 77.9 Å². The summed E-state index contributed by atoms with van der Waals surface area (Å²) in [5.41, 5.74) is 1.80. The minimum Gasteiger partial charge on any atom is -0.497 e. The summed E-state index contributed by atoms with van der Waals surface area (Å²) in [6, 6.07) is 17.3. The molecule has 10 nitrogen and oxygen atoms in total. The lowest BCUT2D eigenvalue weighted by molar-refractivity contribution is -0.139. The molecule has 0 spiro atoms. The number of amides is 2. The van der Waals surface area contributed by atoms with Crippen molar-refractivity contribution >= 4 is 27.5 Å². The fourth-order valence-corrected chi connectivity index (χ4v) is 5.75. The molecule has 2 amide bonds. The number of benzene rings is 3. The van der Waals surface area contributed by atoms with Crippen LogP contribution in [-0.4, -0.2) is 65.6 Å². The summed E-state index contributed by atoms with van der Waals surface area (Å²) in [7, 11) is 0.236. The molecule has 0 aliphatic heterocycles. The monoisotopic (exact) mass is 611 g/mol. The van der Waals surface area contributed by atoms with E-state index < -0.39 is 28.5 Å². The number of hydrogen-bond donors (Lipinski definition) is 1. The first kappa shape index (κ1) is 33.3. The minimum absolute atomic E-state index is 0.0164. The Morgan fingerprint density at radius 2 is 1.53 bits per heavy atom. The third-order valence-electron chi connectivity index (χ3n) is 6.88. The van der Waals surface area contributed by atoms with Crippen LogP contribution in [0.25, 0.3) is 0 Å². The molecule has 0 aliphatic rings. The lowest BCUT2D eigenvalue weighted by Gasteiger charge is -2.32. The van der Waals surface area contributed by atoms with Crippen molar-refractivity contribution < 1.29 is 32.2 Å². The van der Waals surface area contributed by atoms with Gasteiger partial charge in [-0.1, -0.05) is 43.7 Å². The molecule has 1 N–H and O–H groups in total. The molecule has 3 rings (SSSR count). The molecule has 0 saturated heterocycles. The normalized spacial score (nSPS) is 11.9. The van der Waals surface area contributed by atoms with E-state index in [1.165, 1.54) is 37.3 Å². The number of rotatable bonds is 14. The zero-order chi connectivity index (χ0) is 31.7. The van der Waals surface area contributed by atoms with Crippen molar-refractivity contribution in [1.29, 1.82) is 0 Å². The van der Waals surface area contributed by atoms with Gasteiger partial charge in [0.1, 0.15) is 18.3 Å². The standard InChI is InChI=1S/C32H41N3O7S/c1-22(2)19-33-32(37)24(4)34(20-25-9-8-10-27(17-25)40-5)31(36)21-35(26-13-16-29(41-6)30(18-26)42-7)43(38,39)28-14-11-23(3)12-15-28/h8-18,22,24H,19-21H2,1-7H3,(H,33,37)/t24-/m0/s1. The van der Waals surface area contributed by atoms with Gasteiger partial charge in [0, 0.05) is 19.2 Å². The Hall–Kier alpha value is -4.25. The van der Waals surface area contributed by atoms with E-state index in [-0.39, 0.29) is 29.0 Å². The van der Waals surface area contributed by atoms with Gasteiger partial charge in [0.25, 0.3) is 10.0 Å². The third-order valence-corrected chi connectivity index (χ3v) is 8.67. The topological polar surface area (TPSA) is 114 Å². The third kappa shape index (κ3) is 8.41. The summed E-state index contributed by atoms with van der Waals surface area (Å²) in [6.45, 7) is 7.34. The Morgan fingerprint density at radius 3 is 2.14 bits per heavy atom. The first-order chi connectivity index (χ1) is 20.4. The van der Waals surface area contributed by atoms with Gasteiger partial charge in [-0.2, -0.15) is 0 Å². The number of anilines is 1. The largest absolute Gasteiger partial charge is 0.497 e. The predicted molar refractivity (Wildman–Crippen MR) is 166 cm³/mol. The molecule has 232 valence electrons. The molecule has 0 saturated carbocycles. The lowest BCUT2D eigenvalue weighted by atomic mass is 10.1. The average Bonchev–Trinajstić information content (AvgIpc) is 3.00. The first-order valence-electron chi connectivity index (χ1n) is 13.9. The highest BCUT2D eigenvalue weighted by molar-refractivity contribution is 7.92. The van der Waals surface area contributed by atoms with Gasteiger partial charge in [0.2, 0.25) is 11.8 Å². The highest BCUT2D eigenvalue weighted by Gasteiger charge is 2.33. The van der Waals surface area contributed by atoms with E-state index in [9.17, 15) is 18.0 Å². The number of carbonyl (C=O) groups excluding carboxylic acids is 2. The van der Waals surface area contributed by atoms with Crippen molar-refractivity contribution in [2.75, 3.05) is 38.7 Å². The number of sulfonamides is 1. The zero-order valence-corrected chi connectivity index (χ0v) is 26.6. The fraction of sp³-hybridized carbons (Fsp3) is 0.375. The number of nitrogens with one attached hydrogen (secondary N) is 1. The SMILES string of the molecule is COc1cccc(CN(C(=O)CN(c2ccc(OC)c(OC)c2)S(=O)(=O)c2ccc(C)cc2)[C@@H](C)C(=O)NCC(C)C)c1. The number of methoxy groups -OCH3 is 3. The molecule has 3 aromatic carbocycles. The summed E-state index contributed by atoms with van der Waals surface area (Å²) in [5.74, 6) is 0.589. The van der Waals surface area contributed by atoms with Crippen LogP contribution in [0.1, 0.15) is 31.9 Å². The van der Waals surface area contributed by atoms with Crippen molar-refractivity contribution in [1.82, 2.24) is 10.2 Å². The van der Waals surface area contributed by atoms with E-state index >= 15 is 0 Å². The molecule has 0 fully saturated rings. The first-order valence-corrected chi connectivity index (χ1v) is 15.4. The Kier molecular flexibility index (Phi) is 11.4. The molecular formula is C32H41N3O7S. The van der Waals surface area contributed by atoms with E-state index in [1.807, 2.05) is 26.8 Å². The molecule has 0 bridgehead atoms. The maximum Gasteiger partial charge on any atom is 0.264 e. The molecular weight excluding hydrogens is 570 g/mol. The fourth-order valence-electron chi connectivity index (χ4n) is 4.35. The maximum absolute atomic E-state index is 14.1. The number of carbonyl (C=O) groups is 2. The van der Waals surface area contributed by atoms with Crippen LogP contribution in [0.5, 0.6) is 17.2 Å². The zero-order valence-electron chi connectivity index (χ0n) is 25.8. The van der Waals surface area contributed by atoms with Crippen LogP contribution in [0.15, 0.2) is 71.6 Å². The van der Waals surface area contributed by atoms with Crippen LogP contribution in [0.4, 0.5) is 5.69 Å². The van der Waals surface area contributed by atoms with E-state index in [1.54, 1.807) is 56.5 Å². The molecule has 3 aromatic rings. The minimum atomic E-state index is -4.23. The molecule has 1 atom stereocenters. The van der Waals surface area contributed by atoms with Crippen LogP contribution in [-0.2, 0) is 26.2 Å². The Bertz CT molecular complexity index is 1510. The second kappa shape index (κ2) is 14.8.